The van der Waals surface area contributed by atoms with Crippen molar-refractivity contribution >= 4 is 17.7 Å². The van der Waals surface area contributed by atoms with Gasteiger partial charge in [-0.2, -0.15) is 0 Å². The zero-order valence-corrected chi connectivity index (χ0v) is 16.9. The SMILES string of the molecule is CCn1c(S[C@@H](C)C(=O)NCc2ccc(OC)cc2)nnc1-c1ccncc1. The Hall–Kier alpha value is -2.87. The average molecular weight is 398 g/mol. The minimum Gasteiger partial charge on any atom is -0.497 e. The monoisotopic (exact) mass is 397 g/mol. The molecule has 0 aliphatic carbocycles. The maximum absolute atomic E-state index is 12.5. The van der Waals surface area contributed by atoms with Crippen LogP contribution in [-0.2, 0) is 17.9 Å². The minimum absolute atomic E-state index is 0.0445. The van der Waals surface area contributed by atoms with Gasteiger partial charge in [-0.15, -0.1) is 10.2 Å². The first-order valence-corrected chi connectivity index (χ1v) is 9.91. The van der Waals surface area contributed by atoms with Crippen molar-refractivity contribution < 1.29 is 9.53 Å². The average Bonchev–Trinajstić information content (AvgIpc) is 3.15. The van der Waals surface area contributed by atoms with Crippen LogP contribution in [0, 0.1) is 0 Å². The van der Waals surface area contributed by atoms with E-state index in [9.17, 15) is 4.79 Å². The Morgan fingerprint density at radius 1 is 1.18 bits per heavy atom. The van der Waals surface area contributed by atoms with E-state index < -0.39 is 0 Å². The van der Waals surface area contributed by atoms with Crippen LogP contribution in [0.5, 0.6) is 5.75 Å². The summed E-state index contributed by atoms with van der Waals surface area (Å²) in [6.07, 6.45) is 3.46. The van der Waals surface area contributed by atoms with Crippen molar-refractivity contribution in [1.82, 2.24) is 25.1 Å². The highest BCUT2D eigenvalue weighted by Gasteiger charge is 2.20. The van der Waals surface area contributed by atoms with Crippen LogP contribution in [0.1, 0.15) is 19.4 Å². The lowest BCUT2D eigenvalue weighted by molar-refractivity contribution is -0.120. The summed E-state index contributed by atoms with van der Waals surface area (Å²) in [6.45, 7) is 5.09. The van der Waals surface area contributed by atoms with Crippen molar-refractivity contribution in [3.05, 3.63) is 54.4 Å². The lowest BCUT2D eigenvalue weighted by Crippen LogP contribution is -2.30. The molecule has 0 spiro atoms. The van der Waals surface area contributed by atoms with Crippen LogP contribution in [0.15, 0.2) is 53.9 Å². The number of nitrogens with one attached hydrogen (secondary N) is 1. The molecule has 7 nitrogen and oxygen atoms in total. The molecule has 1 aromatic carbocycles. The fourth-order valence-electron chi connectivity index (χ4n) is 2.66. The number of thioether (sulfide) groups is 1. The molecule has 146 valence electrons. The summed E-state index contributed by atoms with van der Waals surface area (Å²) < 4.78 is 7.15. The summed E-state index contributed by atoms with van der Waals surface area (Å²) in [5.74, 6) is 1.53. The maximum Gasteiger partial charge on any atom is 0.233 e. The molecule has 0 unspecified atom stereocenters. The molecule has 1 amide bonds. The van der Waals surface area contributed by atoms with Crippen LogP contribution < -0.4 is 10.1 Å². The Morgan fingerprint density at radius 3 is 2.54 bits per heavy atom. The van der Waals surface area contributed by atoms with E-state index in [1.165, 1.54) is 11.8 Å². The van der Waals surface area contributed by atoms with Gasteiger partial charge in [-0.3, -0.25) is 9.78 Å². The highest BCUT2D eigenvalue weighted by molar-refractivity contribution is 8.00. The van der Waals surface area contributed by atoms with Crippen LogP contribution in [0.25, 0.3) is 11.4 Å². The van der Waals surface area contributed by atoms with E-state index in [1.807, 2.05) is 54.8 Å². The minimum atomic E-state index is -0.293. The second-order valence-corrected chi connectivity index (χ2v) is 7.42. The summed E-state index contributed by atoms with van der Waals surface area (Å²) in [5, 5.41) is 12.0. The number of rotatable bonds is 8. The van der Waals surface area contributed by atoms with Gasteiger partial charge in [0, 0.05) is 31.0 Å². The number of aromatic nitrogens is 4. The number of nitrogens with zero attached hydrogens (tertiary/aromatic N) is 4. The number of carbonyl (C=O) groups excluding carboxylic acids is 1. The fraction of sp³-hybridized carbons (Fsp3) is 0.300. The van der Waals surface area contributed by atoms with Crippen molar-refractivity contribution in [2.75, 3.05) is 7.11 Å². The summed E-state index contributed by atoms with van der Waals surface area (Å²) in [6, 6.07) is 11.4. The Bertz CT molecular complexity index is 912. The van der Waals surface area contributed by atoms with Gasteiger partial charge in [-0.1, -0.05) is 23.9 Å². The number of ether oxygens (including phenoxy) is 1. The number of carbonyl (C=O) groups is 1. The van der Waals surface area contributed by atoms with Gasteiger partial charge in [0.2, 0.25) is 5.91 Å². The molecule has 8 heteroatoms. The molecule has 2 heterocycles. The number of pyridine rings is 1. The summed E-state index contributed by atoms with van der Waals surface area (Å²) in [4.78, 5) is 16.5. The van der Waals surface area contributed by atoms with Crippen molar-refractivity contribution in [2.45, 2.75) is 37.3 Å². The normalized spacial score (nSPS) is 11.8. The second-order valence-electron chi connectivity index (χ2n) is 6.11. The third-order valence-electron chi connectivity index (χ3n) is 4.25. The lowest BCUT2D eigenvalue weighted by atomic mass is 10.2. The third kappa shape index (κ3) is 4.69. The van der Waals surface area contributed by atoms with E-state index in [2.05, 4.69) is 20.5 Å². The number of amides is 1. The van der Waals surface area contributed by atoms with Crippen molar-refractivity contribution in [3.63, 3.8) is 0 Å². The van der Waals surface area contributed by atoms with Crippen LogP contribution in [0.2, 0.25) is 0 Å². The van der Waals surface area contributed by atoms with Gasteiger partial charge in [0.25, 0.3) is 0 Å². The molecule has 2 aromatic heterocycles. The number of hydrogen-bond acceptors (Lipinski definition) is 6. The molecular formula is C20H23N5O2S. The first-order chi connectivity index (χ1) is 13.6. The topological polar surface area (TPSA) is 81.9 Å². The molecular weight excluding hydrogens is 374 g/mol. The Morgan fingerprint density at radius 2 is 1.89 bits per heavy atom. The highest BCUT2D eigenvalue weighted by atomic mass is 32.2. The lowest BCUT2D eigenvalue weighted by Gasteiger charge is -2.13. The predicted molar refractivity (Wildman–Crippen MR) is 109 cm³/mol. The van der Waals surface area contributed by atoms with Gasteiger partial charge in [0.15, 0.2) is 11.0 Å². The fourth-order valence-corrected chi connectivity index (χ4v) is 3.60. The van der Waals surface area contributed by atoms with Crippen molar-refractivity contribution in [3.8, 4) is 17.1 Å². The summed E-state index contributed by atoms with van der Waals surface area (Å²) >= 11 is 1.40. The first-order valence-electron chi connectivity index (χ1n) is 9.03. The summed E-state index contributed by atoms with van der Waals surface area (Å²) in [7, 11) is 1.63. The number of methoxy groups -OCH3 is 1. The maximum atomic E-state index is 12.5. The number of hydrogen-bond donors (Lipinski definition) is 1. The molecule has 0 saturated heterocycles. The first kappa shape index (κ1) is 19.9. The molecule has 0 fully saturated rings. The van der Waals surface area contributed by atoms with E-state index in [4.69, 9.17) is 4.74 Å². The van der Waals surface area contributed by atoms with Crippen LogP contribution in [0.3, 0.4) is 0 Å². The van der Waals surface area contributed by atoms with E-state index in [1.54, 1.807) is 19.5 Å². The van der Waals surface area contributed by atoms with Crippen molar-refractivity contribution in [2.24, 2.45) is 0 Å². The number of benzene rings is 1. The molecule has 1 atom stereocenters. The Labute approximate surface area is 168 Å². The largest absolute Gasteiger partial charge is 0.497 e. The van der Waals surface area contributed by atoms with Gasteiger partial charge >= 0.3 is 0 Å². The zero-order chi connectivity index (χ0) is 19.9. The van der Waals surface area contributed by atoms with Gasteiger partial charge in [-0.25, -0.2) is 0 Å². The standard InChI is InChI=1S/C20H23N5O2S/c1-4-25-18(16-9-11-21-12-10-16)23-24-20(25)28-14(2)19(26)22-13-15-5-7-17(27-3)8-6-15/h5-12,14H,4,13H2,1-3H3,(H,22,26)/t14-/m0/s1. The van der Waals surface area contributed by atoms with Gasteiger partial charge in [0.1, 0.15) is 5.75 Å². The molecule has 1 N–H and O–H groups in total. The van der Waals surface area contributed by atoms with E-state index in [0.29, 0.717) is 13.1 Å². The molecule has 28 heavy (non-hydrogen) atoms. The third-order valence-corrected chi connectivity index (χ3v) is 5.33. The van der Waals surface area contributed by atoms with Gasteiger partial charge in [-0.05, 0) is 43.7 Å². The molecule has 0 radical (unpaired) electrons. The van der Waals surface area contributed by atoms with Gasteiger partial charge in [0.05, 0.1) is 12.4 Å². The zero-order valence-electron chi connectivity index (χ0n) is 16.1. The van der Waals surface area contributed by atoms with Crippen LogP contribution in [0.4, 0.5) is 0 Å². The predicted octanol–water partition coefficient (Wildman–Crippen LogP) is 3.17. The highest BCUT2D eigenvalue weighted by Crippen LogP contribution is 2.26. The molecule has 0 saturated carbocycles. The van der Waals surface area contributed by atoms with Crippen LogP contribution >= 0.6 is 11.8 Å². The Balaban J connectivity index is 1.62. The molecule has 0 aliphatic heterocycles. The van der Waals surface area contributed by atoms with E-state index in [0.717, 1.165) is 27.9 Å². The smallest absolute Gasteiger partial charge is 0.233 e. The molecule has 3 aromatic rings. The Kier molecular flexibility index (Phi) is 6.65. The molecule has 0 aliphatic rings. The van der Waals surface area contributed by atoms with E-state index in [-0.39, 0.29) is 11.2 Å². The van der Waals surface area contributed by atoms with E-state index >= 15 is 0 Å². The van der Waals surface area contributed by atoms with Crippen LogP contribution in [-0.4, -0.2) is 38.0 Å². The summed E-state index contributed by atoms with van der Waals surface area (Å²) in [5.41, 5.74) is 1.97. The van der Waals surface area contributed by atoms with Gasteiger partial charge < -0.3 is 14.6 Å². The quantitative estimate of drug-likeness (QED) is 0.588. The molecule has 0 bridgehead atoms. The van der Waals surface area contributed by atoms with Crippen molar-refractivity contribution in [1.29, 1.82) is 0 Å². The second kappa shape index (κ2) is 9.36. The molecule has 3 rings (SSSR count).